The Balaban J connectivity index is 1.78. The van der Waals surface area contributed by atoms with E-state index < -0.39 is 0 Å². The van der Waals surface area contributed by atoms with Gasteiger partial charge in [0.1, 0.15) is 11.9 Å². The molecule has 0 aliphatic heterocycles. The van der Waals surface area contributed by atoms with Gasteiger partial charge in [0, 0.05) is 12.1 Å². The van der Waals surface area contributed by atoms with Crippen LogP contribution in [-0.2, 0) is 6.54 Å². The smallest absolute Gasteiger partial charge is 0.145 e. The van der Waals surface area contributed by atoms with Gasteiger partial charge in [-0.2, -0.15) is 5.26 Å². The van der Waals surface area contributed by atoms with E-state index in [0.717, 1.165) is 12.5 Å². The van der Waals surface area contributed by atoms with E-state index in [-0.39, 0.29) is 11.4 Å². The fourth-order valence-electron chi connectivity index (χ4n) is 2.63. The lowest BCUT2D eigenvalue weighted by atomic mass is 10.0. The molecule has 1 saturated carbocycles. The van der Waals surface area contributed by atoms with Gasteiger partial charge in [-0.3, -0.25) is 0 Å². The van der Waals surface area contributed by atoms with Crippen molar-refractivity contribution in [3.8, 4) is 6.07 Å². The highest BCUT2D eigenvalue weighted by atomic mass is 19.1. The molecule has 1 aromatic rings. The number of hydrogen-bond acceptors (Lipinski definition) is 2. The van der Waals surface area contributed by atoms with Gasteiger partial charge in [-0.1, -0.05) is 37.8 Å². The zero-order valence-electron chi connectivity index (χ0n) is 10.6. The SMILES string of the molecule is N#Cc1cccc(CNCCC2CCCC2)c1F. The van der Waals surface area contributed by atoms with Crippen LogP contribution < -0.4 is 5.32 Å². The van der Waals surface area contributed by atoms with Crippen LogP contribution in [0.4, 0.5) is 4.39 Å². The summed E-state index contributed by atoms with van der Waals surface area (Å²) in [5, 5.41) is 12.0. The Kier molecular flexibility index (Phi) is 4.72. The van der Waals surface area contributed by atoms with Crippen molar-refractivity contribution in [2.75, 3.05) is 6.54 Å². The maximum Gasteiger partial charge on any atom is 0.145 e. The number of nitrogens with zero attached hydrogens (tertiary/aromatic N) is 1. The van der Waals surface area contributed by atoms with E-state index in [1.54, 1.807) is 12.1 Å². The number of benzene rings is 1. The highest BCUT2D eigenvalue weighted by molar-refractivity contribution is 5.34. The normalized spacial score (nSPS) is 15.8. The predicted molar refractivity (Wildman–Crippen MR) is 69.4 cm³/mol. The van der Waals surface area contributed by atoms with Crippen LogP contribution in [0.25, 0.3) is 0 Å². The van der Waals surface area contributed by atoms with E-state index in [4.69, 9.17) is 5.26 Å². The Morgan fingerprint density at radius 2 is 2.11 bits per heavy atom. The molecule has 1 N–H and O–H groups in total. The molecule has 0 unspecified atom stereocenters. The largest absolute Gasteiger partial charge is 0.313 e. The molecule has 0 amide bonds. The van der Waals surface area contributed by atoms with Crippen molar-refractivity contribution < 1.29 is 4.39 Å². The fraction of sp³-hybridized carbons (Fsp3) is 0.533. The molecule has 18 heavy (non-hydrogen) atoms. The highest BCUT2D eigenvalue weighted by Crippen LogP contribution is 2.26. The lowest BCUT2D eigenvalue weighted by Crippen LogP contribution is -2.18. The Bertz CT molecular complexity index is 431. The molecule has 0 heterocycles. The van der Waals surface area contributed by atoms with Crippen molar-refractivity contribution in [1.82, 2.24) is 5.32 Å². The van der Waals surface area contributed by atoms with Crippen LogP contribution in [0.3, 0.4) is 0 Å². The van der Waals surface area contributed by atoms with Gasteiger partial charge in [0.2, 0.25) is 0 Å². The van der Waals surface area contributed by atoms with Crippen molar-refractivity contribution in [1.29, 1.82) is 5.26 Å². The average Bonchev–Trinajstić information content (AvgIpc) is 2.89. The molecule has 96 valence electrons. The second kappa shape index (κ2) is 6.51. The van der Waals surface area contributed by atoms with E-state index in [1.165, 1.54) is 38.2 Å². The quantitative estimate of drug-likeness (QED) is 0.808. The summed E-state index contributed by atoms with van der Waals surface area (Å²) in [4.78, 5) is 0. The molecule has 0 spiro atoms. The second-order valence-electron chi connectivity index (χ2n) is 5.01. The first-order valence-electron chi connectivity index (χ1n) is 6.69. The minimum absolute atomic E-state index is 0.130. The monoisotopic (exact) mass is 246 g/mol. The molecule has 0 bridgehead atoms. The molecule has 1 aliphatic carbocycles. The van der Waals surface area contributed by atoms with Crippen molar-refractivity contribution >= 4 is 0 Å². The first-order chi connectivity index (χ1) is 8.81. The van der Waals surface area contributed by atoms with Crippen LogP contribution in [-0.4, -0.2) is 6.54 Å². The zero-order valence-corrected chi connectivity index (χ0v) is 10.6. The Morgan fingerprint density at radius 1 is 1.33 bits per heavy atom. The maximum absolute atomic E-state index is 13.7. The van der Waals surface area contributed by atoms with Crippen molar-refractivity contribution in [2.24, 2.45) is 5.92 Å². The average molecular weight is 246 g/mol. The van der Waals surface area contributed by atoms with Crippen LogP contribution in [0.15, 0.2) is 18.2 Å². The van der Waals surface area contributed by atoms with E-state index in [9.17, 15) is 4.39 Å². The third-order valence-corrected chi connectivity index (χ3v) is 3.72. The molecule has 2 rings (SSSR count). The molecule has 2 nitrogen and oxygen atoms in total. The van der Waals surface area contributed by atoms with Crippen molar-refractivity contribution in [3.63, 3.8) is 0 Å². The summed E-state index contributed by atoms with van der Waals surface area (Å²) in [6.45, 7) is 1.44. The van der Waals surface area contributed by atoms with Gasteiger partial charge < -0.3 is 5.32 Å². The van der Waals surface area contributed by atoms with Crippen molar-refractivity contribution in [2.45, 2.75) is 38.6 Å². The summed E-state index contributed by atoms with van der Waals surface area (Å²) < 4.78 is 13.7. The number of hydrogen-bond donors (Lipinski definition) is 1. The third-order valence-electron chi connectivity index (χ3n) is 3.72. The summed E-state index contributed by atoms with van der Waals surface area (Å²) in [5.41, 5.74) is 0.713. The third kappa shape index (κ3) is 3.30. The van der Waals surface area contributed by atoms with Gasteiger partial charge in [0.15, 0.2) is 0 Å². The molecular formula is C15H19FN2. The van der Waals surface area contributed by atoms with Crippen LogP contribution in [0.2, 0.25) is 0 Å². The zero-order chi connectivity index (χ0) is 12.8. The summed E-state index contributed by atoms with van der Waals surface area (Å²) in [6, 6.07) is 6.85. The lowest BCUT2D eigenvalue weighted by Gasteiger charge is -2.10. The van der Waals surface area contributed by atoms with Crippen LogP contribution >= 0.6 is 0 Å². The summed E-state index contributed by atoms with van der Waals surface area (Å²) in [6.07, 6.45) is 6.60. The maximum atomic E-state index is 13.7. The first kappa shape index (κ1) is 13.0. The van der Waals surface area contributed by atoms with E-state index in [0.29, 0.717) is 12.1 Å². The molecule has 3 heteroatoms. The fourth-order valence-corrected chi connectivity index (χ4v) is 2.63. The summed E-state index contributed by atoms with van der Waals surface area (Å²) in [7, 11) is 0. The lowest BCUT2D eigenvalue weighted by molar-refractivity contribution is 0.474. The van der Waals surface area contributed by atoms with Crippen molar-refractivity contribution in [3.05, 3.63) is 35.1 Å². The van der Waals surface area contributed by atoms with Gasteiger partial charge in [-0.05, 0) is 24.9 Å². The molecule has 0 radical (unpaired) electrons. The van der Waals surface area contributed by atoms with Crippen LogP contribution in [0.1, 0.15) is 43.2 Å². The van der Waals surface area contributed by atoms with Gasteiger partial charge in [-0.25, -0.2) is 4.39 Å². The summed E-state index contributed by atoms with van der Waals surface area (Å²) >= 11 is 0. The van der Waals surface area contributed by atoms with E-state index >= 15 is 0 Å². The molecule has 1 aliphatic rings. The number of halogens is 1. The number of rotatable bonds is 5. The van der Waals surface area contributed by atoms with E-state index in [1.807, 2.05) is 6.07 Å². The minimum atomic E-state index is -0.381. The van der Waals surface area contributed by atoms with Crippen LogP contribution in [0, 0.1) is 23.1 Å². The number of nitrogens with one attached hydrogen (secondary N) is 1. The minimum Gasteiger partial charge on any atom is -0.313 e. The van der Waals surface area contributed by atoms with Gasteiger partial charge in [-0.15, -0.1) is 0 Å². The second-order valence-corrected chi connectivity index (χ2v) is 5.01. The summed E-state index contributed by atoms with van der Waals surface area (Å²) in [5.74, 6) is 0.473. The highest BCUT2D eigenvalue weighted by Gasteiger charge is 2.14. The molecular weight excluding hydrogens is 227 g/mol. The molecule has 1 aromatic carbocycles. The van der Waals surface area contributed by atoms with Gasteiger partial charge >= 0.3 is 0 Å². The van der Waals surface area contributed by atoms with Gasteiger partial charge in [0.05, 0.1) is 5.56 Å². The molecule has 0 saturated heterocycles. The Morgan fingerprint density at radius 3 is 2.83 bits per heavy atom. The molecule has 1 fully saturated rings. The molecule has 0 atom stereocenters. The van der Waals surface area contributed by atoms with E-state index in [2.05, 4.69) is 5.32 Å². The Labute approximate surface area is 108 Å². The first-order valence-corrected chi connectivity index (χ1v) is 6.69. The number of nitriles is 1. The Hall–Kier alpha value is -1.40. The van der Waals surface area contributed by atoms with Gasteiger partial charge in [0.25, 0.3) is 0 Å². The predicted octanol–water partition coefficient (Wildman–Crippen LogP) is 3.37. The van der Waals surface area contributed by atoms with Crippen LogP contribution in [0.5, 0.6) is 0 Å². The molecule has 0 aromatic heterocycles. The topological polar surface area (TPSA) is 35.8 Å². The standard InChI is InChI=1S/C15H19FN2/c16-15-13(10-17)6-3-7-14(15)11-18-9-8-12-4-1-2-5-12/h3,6-7,12,18H,1-2,4-5,8-9,11H2.